The molecule has 1 aromatic carbocycles. The van der Waals surface area contributed by atoms with Crippen LogP contribution in [0.2, 0.25) is 0 Å². The van der Waals surface area contributed by atoms with Gasteiger partial charge in [-0.15, -0.1) is 0 Å². The van der Waals surface area contributed by atoms with Gasteiger partial charge in [-0.3, -0.25) is 0 Å². The van der Waals surface area contributed by atoms with Crippen LogP contribution in [0.15, 0.2) is 53.2 Å². The Bertz CT molecular complexity index is 893. The molecule has 1 aliphatic heterocycles. The largest absolute Gasteiger partial charge is 0.391 e. The molecular formula is C22H25FN4O2. The molecule has 7 heteroatoms. The maximum absolute atomic E-state index is 13.0. The molecule has 0 saturated carbocycles. The lowest BCUT2D eigenvalue weighted by atomic mass is 9.93. The van der Waals surface area contributed by atoms with Crippen LogP contribution in [0.25, 0.3) is 11.5 Å². The van der Waals surface area contributed by atoms with Crippen LogP contribution in [-0.4, -0.2) is 50.9 Å². The summed E-state index contributed by atoms with van der Waals surface area (Å²) in [7, 11) is 0. The van der Waals surface area contributed by atoms with Gasteiger partial charge in [-0.2, -0.15) is 4.98 Å². The van der Waals surface area contributed by atoms with E-state index in [0.29, 0.717) is 36.3 Å². The molecule has 0 amide bonds. The summed E-state index contributed by atoms with van der Waals surface area (Å²) < 4.78 is 18.4. The van der Waals surface area contributed by atoms with E-state index < -0.39 is 5.82 Å². The van der Waals surface area contributed by atoms with E-state index in [1.54, 1.807) is 6.07 Å². The van der Waals surface area contributed by atoms with Gasteiger partial charge in [-0.05, 0) is 56.0 Å². The average molecular weight is 396 g/mol. The van der Waals surface area contributed by atoms with Gasteiger partial charge in [0.25, 0.3) is 0 Å². The fourth-order valence-electron chi connectivity index (χ4n) is 3.82. The van der Waals surface area contributed by atoms with Crippen molar-refractivity contribution in [2.75, 3.05) is 19.6 Å². The van der Waals surface area contributed by atoms with Gasteiger partial charge in [0.1, 0.15) is 11.5 Å². The Morgan fingerprint density at radius 3 is 2.66 bits per heavy atom. The van der Waals surface area contributed by atoms with Crippen LogP contribution in [-0.2, 0) is 12.8 Å². The molecule has 6 nitrogen and oxygen atoms in total. The van der Waals surface area contributed by atoms with Crippen molar-refractivity contribution in [1.82, 2.24) is 20.0 Å². The van der Waals surface area contributed by atoms with Crippen molar-refractivity contribution in [2.45, 2.75) is 31.8 Å². The summed E-state index contributed by atoms with van der Waals surface area (Å²) in [6.45, 7) is 2.61. The first-order valence-corrected chi connectivity index (χ1v) is 10.0. The highest BCUT2D eigenvalue weighted by molar-refractivity contribution is 5.47. The van der Waals surface area contributed by atoms with Crippen molar-refractivity contribution >= 4 is 0 Å². The molecule has 0 aliphatic carbocycles. The van der Waals surface area contributed by atoms with Gasteiger partial charge in [0.05, 0.1) is 12.3 Å². The molecule has 1 saturated heterocycles. The second-order valence-corrected chi connectivity index (χ2v) is 7.67. The second-order valence-electron chi connectivity index (χ2n) is 7.67. The van der Waals surface area contributed by atoms with Crippen molar-refractivity contribution in [3.63, 3.8) is 0 Å². The number of piperidine rings is 1. The molecular weight excluding hydrogens is 371 g/mol. The minimum absolute atomic E-state index is 0.351. The predicted molar refractivity (Wildman–Crippen MR) is 107 cm³/mol. The molecule has 29 heavy (non-hydrogen) atoms. The molecule has 152 valence electrons. The molecule has 3 heterocycles. The highest BCUT2D eigenvalue weighted by Crippen LogP contribution is 2.23. The van der Waals surface area contributed by atoms with Gasteiger partial charge in [-0.1, -0.05) is 35.5 Å². The van der Waals surface area contributed by atoms with Gasteiger partial charge < -0.3 is 14.5 Å². The number of rotatable bonds is 7. The molecule has 1 aliphatic rings. The summed E-state index contributed by atoms with van der Waals surface area (Å²) in [5.74, 6) is 1.07. The van der Waals surface area contributed by atoms with Crippen LogP contribution in [0.4, 0.5) is 4.39 Å². The number of halogens is 1. The Labute approximate surface area is 169 Å². The highest BCUT2D eigenvalue weighted by atomic mass is 19.1. The van der Waals surface area contributed by atoms with Crippen molar-refractivity contribution in [1.29, 1.82) is 0 Å². The Balaban J connectivity index is 1.23. The lowest BCUT2D eigenvalue weighted by Crippen LogP contribution is -2.39. The number of hydrogen-bond acceptors (Lipinski definition) is 6. The first-order chi connectivity index (χ1) is 14.2. The third kappa shape index (κ3) is 5.46. The monoisotopic (exact) mass is 396 g/mol. The Kier molecular flexibility index (Phi) is 6.27. The molecule has 0 unspecified atom stereocenters. The first-order valence-electron chi connectivity index (χ1n) is 10.0. The lowest BCUT2D eigenvalue weighted by Gasteiger charge is -2.32. The molecule has 1 N–H and O–H groups in total. The van der Waals surface area contributed by atoms with Crippen molar-refractivity contribution in [2.24, 2.45) is 5.92 Å². The number of aliphatic hydroxyl groups excluding tert-OH is 1. The summed E-state index contributed by atoms with van der Waals surface area (Å²) in [6.07, 6.45) is 4.27. The van der Waals surface area contributed by atoms with Gasteiger partial charge in [-0.25, -0.2) is 9.37 Å². The molecule has 3 aromatic rings. The molecule has 1 fully saturated rings. The molecule has 0 radical (unpaired) electrons. The van der Waals surface area contributed by atoms with Gasteiger partial charge >= 0.3 is 0 Å². The van der Waals surface area contributed by atoms with Crippen molar-refractivity contribution in [3.05, 3.63) is 65.9 Å². The zero-order valence-corrected chi connectivity index (χ0v) is 16.2. The first kappa shape index (κ1) is 19.7. The molecule has 1 atom stereocenters. The Morgan fingerprint density at radius 2 is 1.93 bits per heavy atom. The number of nitrogens with zero attached hydrogens (tertiary/aromatic N) is 4. The summed E-state index contributed by atoms with van der Waals surface area (Å²) in [4.78, 5) is 10.7. The van der Waals surface area contributed by atoms with Crippen LogP contribution in [0.5, 0.6) is 0 Å². The highest BCUT2D eigenvalue weighted by Gasteiger charge is 2.23. The van der Waals surface area contributed by atoms with Crippen LogP contribution in [0.3, 0.4) is 0 Å². The van der Waals surface area contributed by atoms with Gasteiger partial charge in [0.15, 0.2) is 0 Å². The van der Waals surface area contributed by atoms with Gasteiger partial charge in [0.2, 0.25) is 11.7 Å². The summed E-state index contributed by atoms with van der Waals surface area (Å²) >= 11 is 0. The molecule has 2 aromatic heterocycles. The van der Waals surface area contributed by atoms with E-state index in [-0.39, 0.29) is 6.10 Å². The van der Waals surface area contributed by atoms with E-state index in [9.17, 15) is 9.50 Å². The Hall–Kier alpha value is -2.64. The quantitative estimate of drug-likeness (QED) is 0.661. The van der Waals surface area contributed by atoms with Crippen LogP contribution in [0.1, 0.15) is 24.3 Å². The number of hydrogen-bond donors (Lipinski definition) is 1. The van der Waals surface area contributed by atoms with Crippen LogP contribution < -0.4 is 0 Å². The second kappa shape index (κ2) is 9.24. The van der Waals surface area contributed by atoms with E-state index in [4.69, 9.17) is 4.52 Å². The maximum Gasteiger partial charge on any atom is 0.227 e. The zero-order chi connectivity index (χ0) is 20.1. The fraction of sp³-hybridized carbons (Fsp3) is 0.409. The standard InChI is InChI=1S/C22H25FN4O2/c23-18-6-7-20(24-14-18)22-25-21(29-26-22)13-17-8-10-27(11-9-17)15-19(28)12-16-4-2-1-3-5-16/h1-7,14,17,19,28H,8-13,15H2/t19-/m1/s1. The minimum atomic E-state index is -0.391. The molecule has 4 rings (SSSR count). The lowest BCUT2D eigenvalue weighted by molar-refractivity contribution is 0.0881. The number of aromatic nitrogens is 3. The summed E-state index contributed by atoms with van der Waals surface area (Å²) in [5.41, 5.74) is 1.67. The van der Waals surface area contributed by atoms with E-state index in [0.717, 1.165) is 44.1 Å². The van der Waals surface area contributed by atoms with E-state index in [2.05, 4.69) is 32.2 Å². The SMILES string of the molecule is O[C@H](Cc1ccccc1)CN1CCC(Cc2nc(-c3ccc(F)cn3)no2)CC1. The zero-order valence-electron chi connectivity index (χ0n) is 16.2. The molecule has 0 bridgehead atoms. The topological polar surface area (TPSA) is 75.3 Å². The number of likely N-dealkylation sites (tertiary alicyclic amines) is 1. The predicted octanol–water partition coefficient (Wildman–Crippen LogP) is 3.13. The normalized spacial score (nSPS) is 16.8. The maximum atomic E-state index is 13.0. The Morgan fingerprint density at radius 1 is 1.14 bits per heavy atom. The van der Waals surface area contributed by atoms with Crippen LogP contribution in [0, 0.1) is 11.7 Å². The van der Waals surface area contributed by atoms with Crippen molar-refractivity contribution < 1.29 is 14.0 Å². The van der Waals surface area contributed by atoms with Crippen molar-refractivity contribution in [3.8, 4) is 11.5 Å². The average Bonchev–Trinajstić information content (AvgIpc) is 3.19. The summed E-state index contributed by atoms with van der Waals surface area (Å²) in [5, 5.41) is 14.3. The van der Waals surface area contributed by atoms with E-state index >= 15 is 0 Å². The van der Waals surface area contributed by atoms with Crippen LogP contribution >= 0.6 is 0 Å². The smallest absolute Gasteiger partial charge is 0.227 e. The van der Waals surface area contributed by atoms with E-state index in [1.165, 1.54) is 6.07 Å². The number of pyridine rings is 1. The molecule has 0 spiro atoms. The number of aliphatic hydroxyl groups is 1. The number of benzene rings is 1. The fourth-order valence-corrected chi connectivity index (χ4v) is 3.82. The minimum Gasteiger partial charge on any atom is -0.391 e. The van der Waals surface area contributed by atoms with Gasteiger partial charge in [0, 0.05) is 13.0 Å². The number of β-amino-alcohol motifs (C(OH)–C–C–N with tert-alkyl or cyclic N) is 1. The summed E-state index contributed by atoms with van der Waals surface area (Å²) in [6, 6.07) is 13.0. The third-order valence-corrected chi connectivity index (χ3v) is 5.38. The van der Waals surface area contributed by atoms with E-state index in [1.807, 2.05) is 18.2 Å². The third-order valence-electron chi connectivity index (χ3n) is 5.38.